The highest BCUT2D eigenvalue weighted by atomic mass is 35.5. The Kier molecular flexibility index (Phi) is 6.60. The lowest BCUT2D eigenvalue weighted by molar-refractivity contribution is 0.102. The maximum atomic E-state index is 12.4. The van der Waals surface area contributed by atoms with Crippen molar-refractivity contribution in [3.05, 3.63) is 30.1 Å². The maximum Gasteiger partial charge on any atom is 0.277 e. The fraction of sp³-hybridized carbons (Fsp3) is 0.438. The SMILES string of the molecule is COc1ccc(NC(=O)c2cn(C3CCNCC3)nn2)cc1OC.Cl. The van der Waals surface area contributed by atoms with E-state index >= 15 is 0 Å². The molecule has 1 aliphatic rings. The van der Waals surface area contributed by atoms with Crippen LogP contribution in [-0.4, -0.2) is 48.2 Å². The van der Waals surface area contributed by atoms with Crippen molar-refractivity contribution in [2.45, 2.75) is 18.9 Å². The van der Waals surface area contributed by atoms with Crippen molar-refractivity contribution in [2.24, 2.45) is 0 Å². The Bertz CT molecular complexity index is 716. The Morgan fingerprint density at radius 2 is 1.96 bits per heavy atom. The normalized spacial score (nSPS) is 14.5. The van der Waals surface area contributed by atoms with E-state index in [1.165, 1.54) is 0 Å². The zero-order valence-electron chi connectivity index (χ0n) is 14.2. The predicted octanol–water partition coefficient (Wildman–Crippen LogP) is 1.89. The molecule has 1 saturated heterocycles. The third kappa shape index (κ3) is 4.40. The van der Waals surface area contributed by atoms with E-state index in [9.17, 15) is 4.79 Å². The van der Waals surface area contributed by atoms with Gasteiger partial charge in [0.2, 0.25) is 0 Å². The van der Waals surface area contributed by atoms with Crippen molar-refractivity contribution in [1.29, 1.82) is 0 Å². The highest BCUT2D eigenvalue weighted by Crippen LogP contribution is 2.29. The van der Waals surface area contributed by atoms with Crippen LogP contribution in [0.5, 0.6) is 11.5 Å². The molecular formula is C16H22ClN5O3. The van der Waals surface area contributed by atoms with E-state index in [1.807, 2.05) is 0 Å². The van der Waals surface area contributed by atoms with Crippen LogP contribution >= 0.6 is 12.4 Å². The van der Waals surface area contributed by atoms with Gasteiger partial charge in [0, 0.05) is 11.8 Å². The molecule has 136 valence electrons. The van der Waals surface area contributed by atoms with E-state index in [1.54, 1.807) is 43.3 Å². The van der Waals surface area contributed by atoms with Crippen molar-refractivity contribution in [3.63, 3.8) is 0 Å². The number of hydrogen-bond donors (Lipinski definition) is 2. The Hall–Kier alpha value is -2.32. The van der Waals surface area contributed by atoms with Gasteiger partial charge < -0.3 is 20.1 Å². The van der Waals surface area contributed by atoms with Crippen molar-refractivity contribution in [3.8, 4) is 11.5 Å². The van der Waals surface area contributed by atoms with Crippen LogP contribution in [0.3, 0.4) is 0 Å². The Labute approximate surface area is 152 Å². The molecule has 8 nitrogen and oxygen atoms in total. The summed E-state index contributed by atoms with van der Waals surface area (Å²) in [5, 5.41) is 14.2. The number of anilines is 1. The minimum atomic E-state index is -0.303. The van der Waals surface area contributed by atoms with Gasteiger partial charge in [-0.05, 0) is 38.1 Å². The Balaban J connectivity index is 0.00000225. The molecule has 1 amide bonds. The monoisotopic (exact) mass is 367 g/mol. The molecule has 0 atom stereocenters. The first-order valence-corrected chi connectivity index (χ1v) is 7.87. The number of ether oxygens (including phenoxy) is 2. The van der Waals surface area contributed by atoms with Crippen LogP contribution in [-0.2, 0) is 0 Å². The molecule has 0 saturated carbocycles. The molecule has 9 heteroatoms. The van der Waals surface area contributed by atoms with Gasteiger partial charge in [0.05, 0.1) is 26.5 Å². The van der Waals surface area contributed by atoms with Crippen molar-refractivity contribution >= 4 is 24.0 Å². The molecule has 25 heavy (non-hydrogen) atoms. The molecule has 0 aliphatic carbocycles. The lowest BCUT2D eigenvalue weighted by Gasteiger charge is -2.22. The molecule has 2 aromatic rings. The van der Waals surface area contributed by atoms with E-state index in [2.05, 4.69) is 20.9 Å². The number of carbonyl (C=O) groups excluding carboxylic acids is 1. The molecule has 2 heterocycles. The summed E-state index contributed by atoms with van der Waals surface area (Å²) in [5.41, 5.74) is 0.900. The first-order valence-electron chi connectivity index (χ1n) is 7.87. The topological polar surface area (TPSA) is 90.3 Å². The zero-order valence-corrected chi connectivity index (χ0v) is 15.0. The summed E-state index contributed by atoms with van der Waals surface area (Å²) in [6.07, 6.45) is 3.67. The smallest absolute Gasteiger partial charge is 0.277 e. The van der Waals surface area contributed by atoms with Gasteiger partial charge in [-0.1, -0.05) is 5.21 Å². The summed E-state index contributed by atoms with van der Waals surface area (Å²) in [6.45, 7) is 1.91. The first-order chi connectivity index (χ1) is 11.7. The van der Waals surface area contributed by atoms with Crippen molar-refractivity contribution in [1.82, 2.24) is 20.3 Å². The molecule has 1 aromatic carbocycles. The van der Waals surface area contributed by atoms with Gasteiger partial charge in [-0.25, -0.2) is 4.68 Å². The van der Waals surface area contributed by atoms with Gasteiger partial charge >= 0.3 is 0 Å². The highest BCUT2D eigenvalue weighted by molar-refractivity contribution is 6.02. The standard InChI is InChI=1S/C16H21N5O3.ClH/c1-23-14-4-3-11(9-15(14)24-2)18-16(22)13-10-21(20-19-13)12-5-7-17-8-6-12;/h3-4,9-10,12,17H,5-8H2,1-2H3,(H,18,22);1H. The lowest BCUT2D eigenvalue weighted by atomic mass is 10.1. The van der Waals surface area contributed by atoms with Crippen LogP contribution in [0.1, 0.15) is 29.4 Å². The number of methoxy groups -OCH3 is 2. The van der Waals surface area contributed by atoms with Gasteiger partial charge in [0.25, 0.3) is 5.91 Å². The number of piperidine rings is 1. The number of nitrogens with one attached hydrogen (secondary N) is 2. The second kappa shape index (κ2) is 8.68. The molecule has 0 unspecified atom stereocenters. The van der Waals surface area contributed by atoms with Crippen molar-refractivity contribution in [2.75, 3.05) is 32.6 Å². The van der Waals surface area contributed by atoms with Gasteiger partial charge in [-0.3, -0.25) is 4.79 Å². The molecule has 0 spiro atoms. The number of hydrogen-bond acceptors (Lipinski definition) is 6. The fourth-order valence-corrected chi connectivity index (χ4v) is 2.74. The minimum Gasteiger partial charge on any atom is -0.493 e. The second-order valence-electron chi connectivity index (χ2n) is 5.59. The minimum absolute atomic E-state index is 0. The third-order valence-corrected chi connectivity index (χ3v) is 4.07. The van der Waals surface area contributed by atoms with E-state index in [0.717, 1.165) is 25.9 Å². The molecule has 1 aliphatic heterocycles. The van der Waals surface area contributed by atoms with Crippen molar-refractivity contribution < 1.29 is 14.3 Å². The van der Waals surface area contributed by atoms with Gasteiger partial charge in [-0.2, -0.15) is 0 Å². The second-order valence-corrected chi connectivity index (χ2v) is 5.59. The van der Waals surface area contributed by atoms with Crippen LogP contribution in [0, 0.1) is 0 Å². The van der Waals surface area contributed by atoms with Gasteiger partial charge in [0.15, 0.2) is 17.2 Å². The number of rotatable bonds is 5. The number of aromatic nitrogens is 3. The summed E-state index contributed by atoms with van der Waals surface area (Å²) >= 11 is 0. The number of nitrogens with zero attached hydrogens (tertiary/aromatic N) is 3. The van der Waals surface area contributed by atoms with E-state index in [4.69, 9.17) is 9.47 Å². The number of benzene rings is 1. The molecule has 0 bridgehead atoms. The summed E-state index contributed by atoms with van der Waals surface area (Å²) in [5.74, 6) is 0.850. The average Bonchev–Trinajstić information content (AvgIpc) is 3.12. The highest BCUT2D eigenvalue weighted by Gasteiger charge is 2.19. The summed E-state index contributed by atoms with van der Waals surface area (Å²) in [6, 6.07) is 5.48. The number of halogens is 1. The number of carbonyl (C=O) groups is 1. The van der Waals surface area contributed by atoms with E-state index < -0.39 is 0 Å². The number of amides is 1. The van der Waals surface area contributed by atoms with Crippen LogP contribution in [0.25, 0.3) is 0 Å². The molecule has 1 fully saturated rings. The zero-order chi connectivity index (χ0) is 16.9. The quantitative estimate of drug-likeness (QED) is 0.838. The van der Waals surface area contributed by atoms with Crippen LogP contribution in [0.15, 0.2) is 24.4 Å². The van der Waals surface area contributed by atoms with Crippen LogP contribution < -0.4 is 20.1 Å². The van der Waals surface area contributed by atoms with Gasteiger partial charge in [-0.15, -0.1) is 17.5 Å². The first kappa shape index (κ1) is 19.0. The summed E-state index contributed by atoms with van der Waals surface area (Å²) in [7, 11) is 3.11. The largest absolute Gasteiger partial charge is 0.493 e. The van der Waals surface area contributed by atoms with E-state index in [0.29, 0.717) is 28.9 Å². The third-order valence-electron chi connectivity index (χ3n) is 4.07. The van der Waals surface area contributed by atoms with Gasteiger partial charge in [0.1, 0.15) is 0 Å². The molecule has 3 rings (SSSR count). The predicted molar refractivity (Wildman–Crippen MR) is 95.9 cm³/mol. The molecule has 2 N–H and O–H groups in total. The van der Waals surface area contributed by atoms with Crippen LogP contribution in [0.4, 0.5) is 5.69 Å². The molecular weight excluding hydrogens is 346 g/mol. The maximum absolute atomic E-state index is 12.4. The fourth-order valence-electron chi connectivity index (χ4n) is 2.74. The summed E-state index contributed by atoms with van der Waals surface area (Å²) in [4.78, 5) is 12.4. The van der Waals surface area contributed by atoms with E-state index in [-0.39, 0.29) is 18.3 Å². The average molecular weight is 368 g/mol. The van der Waals surface area contributed by atoms with Crippen LogP contribution in [0.2, 0.25) is 0 Å². The summed E-state index contributed by atoms with van der Waals surface area (Å²) < 4.78 is 12.2. The lowest BCUT2D eigenvalue weighted by Crippen LogP contribution is -2.29. The molecule has 1 aromatic heterocycles. The Morgan fingerprint density at radius 3 is 2.64 bits per heavy atom. The molecule has 0 radical (unpaired) electrons. The Morgan fingerprint density at radius 1 is 1.24 bits per heavy atom.